The van der Waals surface area contributed by atoms with Gasteiger partial charge in [-0.3, -0.25) is 4.79 Å². The molecule has 1 aliphatic carbocycles. The van der Waals surface area contributed by atoms with Gasteiger partial charge < -0.3 is 0 Å². The minimum Gasteiger partial charge on any atom is -0.299 e. The summed E-state index contributed by atoms with van der Waals surface area (Å²) < 4.78 is 0. The summed E-state index contributed by atoms with van der Waals surface area (Å²) in [7, 11) is 0. The Hall–Kier alpha value is -0.850. The number of hydrogen-bond donors (Lipinski definition) is 0. The zero-order chi connectivity index (χ0) is 25.4. The van der Waals surface area contributed by atoms with Crippen molar-refractivity contribution in [3.05, 3.63) is 24.3 Å². The molecule has 0 spiro atoms. The minimum atomic E-state index is -0.266. The Kier molecular flexibility index (Phi) is 12.2. The summed E-state index contributed by atoms with van der Waals surface area (Å²) in [6.07, 6.45) is 15.0. The molecule has 6 atom stereocenters. The number of allylic oxidation sites excluding steroid dienone is 3. The molecule has 0 saturated heterocycles. The van der Waals surface area contributed by atoms with Crippen molar-refractivity contribution >= 4 is 5.78 Å². The second kappa shape index (κ2) is 13.3. The molecular weight excluding hydrogens is 400 g/mol. The average Bonchev–Trinajstić information content (AvgIpc) is 2.81. The third-order valence-electron chi connectivity index (χ3n) is 9.96. The lowest BCUT2D eigenvalue weighted by atomic mass is 9.53. The first-order valence-electron chi connectivity index (χ1n) is 14.3. The molecule has 1 nitrogen and oxygen atoms in total. The highest BCUT2D eigenvalue weighted by molar-refractivity contribution is 5.88. The van der Waals surface area contributed by atoms with Gasteiger partial charge in [-0.25, -0.2) is 0 Å². The molecule has 0 aromatic heterocycles. The lowest BCUT2D eigenvalue weighted by Crippen LogP contribution is -2.50. The monoisotopic (exact) mass is 458 g/mol. The van der Waals surface area contributed by atoms with Crippen LogP contribution >= 0.6 is 0 Å². The maximum absolute atomic E-state index is 14.7. The quantitative estimate of drug-likeness (QED) is 0.284. The van der Waals surface area contributed by atoms with E-state index in [1.165, 1.54) is 37.7 Å². The van der Waals surface area contributed by atoms with Gasteiger partial charge in [0.15, 0.2) is 0 Å². The summed E-state index contributed by atoms with van der Waals surface area (Å²) in [6.45, 7) is 27.6. The Morgan fingerprint density at radius 1 is 1.12 bits per heavy atom. The van der Waals surface area contributed by atoms with Crippen molar-refractivity contribution in [1.29, 1.82) is 0 Å². The van der Waals surface area contributed by atoms with Crippen LogP contribution < -0.4 is 0 Å². The van der Waals surface area contributed by atoms with Crippen molar-refractivity contribution in [3.8, 4) is 0 Å². The first-order chi connectivity index (χ1) is 15.4. The molecule has 0 N–H and O–H groups in total. The van der Waals surface area contributed by atoms with Gasteiger partial charge >= 0.3 is 0 Å². The largest absolute Gasteiger partial charge is 0.299 e. The zero-order valence-electron chi connectivity index (χ0n) is 24.1. The smallest absolute Gasteiger partial charge is 0.142 e. The normalized spacial score (nSPS) is 27.2. The second-order valence-corrected chi connectivity index (χ2v) is 12.6. The van der Waals surface area contributed by atoms with Crippen LogP contribution in [0.15, 0.2) is 24.3 Å². The SMILES string of the molecule is C=C1/C=C\CCCC(C)C(C(CC)(CCCC(C)CCC)C(=O)C(C)C(C)(C)C(C)C)C1C. The van der Waals surface area contributed by atoms with Gasteiger partial charge in [-0.05, 0) is 60.7 Å². The molecule has 0 bridgehead atoms. The van der Waals surface area contributed by atoms with Gasteiger partial charge in [0.05, 0.1) is 0 Å². The molecule has 0 heterocycles. The van der Waals surface area contributed by atoms with Crippen molar-refractivity contribution in [3.63, 3.8) is 0 Å². The van der Waals surface area contributed by atoms with Crippen molar-refractivity contribution < 1.29 is 4.79 Å². The highest BCUT2D eigenvalue weighted by atomic mass is 16.1. The van der Waals surface area contributed by atoms with E-state index in [1.807, 2.05) is 0 Å². The molecule has 0 amide bonds. The molecule has 0 fully saturated rings. The van der Waals surface area contributed by atoms with Gasteiger partial charge in [-0.15, -0.1) is 0 Å². The lowest BCUT2D eigenvalue weighted by Gasteiger charge is -2.49. The van der Waals surface area contributed by atoms with E-state index in [-0.39, 0.29) is 16.7 Å². The van der Waals surface area contributed by atoms with Crippen LogP contribution in [0.25, 0.3) is 0 Å². The minimum absolute atomic E-state index is 0.00506. The van der Waals surface area contributed by atoms with Crippen molar-refractivity contribution in [2.45, 2.75) is 127 Å². The molecule has 1 aliphatic rings. The molecule has 192 valence electrons. The van der Waals surface area contributed by atoms with Crippen LogP contribution in [0.4, 0.5) is 0 Å². The summed E-state index contributed by atoms with van der Waals surface area (Å²) in [6, 6.07) is 0. The van der Waals surface area contributed by atoms with Crippen LogP contribution in [0.1, 0.15) is 127 Å². The number of Topliss-reactive ketones (excluding diaryl/α,β-unsaturated/α-hetero) is 1. The molecule has 1 rings (SSSR count). The predicted octanol–water partition coefficient (Wildman–Crippen LogP) is 10.1. The number of carbonyl (C=O) groups excluding carboxylic acids is 1. The van der Waals surface area contributed by atoms with E-state index >= 15 is 0 Å². The Labute approximate surface area is 208 Å². The van der Waals surface area contributed by atoms with E-state index in [0.717, 1.165) is 31.6 Å². The van der Waals surface area contributed by atoms with E-state index in [2.05, 4.69) is 88.0 Å². The fraction of sp³-hybridized carbons (Fsp3) is 0.844. The lowest BCUT2D eigenvalue weighted by molar-refractivity contribution is -0.145. The zero-order valence-corrected chi connectivity index (χ0v) is 24.1. The molecule has 0 aromatic rings. The molecule has 0 aliphatic heterocycles. The number of rotatable bonds is 12. The van der Waals surface area contributed by atoms with Crippen LogP contribution in [-0.2, 0) is 4.79 Å². The Morgan fingerprint density at radius 2 is 1.76 bits per heavy atom. The maximum Gasteiger partial charge on any atom is 0.142 e. The summed E-state index contributed by atoms with van der Waals surface area (Å²) in [5, 5.41) is 0. The fourth-order valence-electron chi connectivity index (χ4n) is 6.58. The Bertz CT molecular complexity index is 639. The van der Waals surface area contributed by atoms with Gasteiger partial charge in [0.2, 0.25) is 0 Å². The molecule has 6 unspecified atom stereocenters. The van der Waals surface area contributed by atoms with Crippen molar-refractivity contribution in [2.75, 3.05) is 0 Å². The summed E-state index contributed by atoms with van der Waals surface area (Å²) >= 11 is 0. The van der Waals surface area contributed by atoms with Crippen LogP contribution in [0.5, 0.6) is 0 Å². The molecule has 0 radical (unpaired) electrons. The van der Waals surface area contributed by atoms with Gasteiger partial charge in [0, 0.05) is 11.3 Å². The van der Waals surface area contributed by atoms with E-state index in [9.17, 15) is 4.79 Å². The van der Waals surface area contributed by atoms with Crippen molar-refractivity contribution in [1.82, 2.24) is 0 Å². The van der Waals surface area contributed by atoms with Gasteiger partial charge in [0.1, 0.15) is 5.78 Å². The van der Waals surface area contributed by atoms with E-state index in [4.69, 9.17) is 0 Å². The third-order valence-corrected chi connectivity index (χ3v) is 9.96. The van der Waals surface area contributed by atoms with Gasteiger partial charge in [-0.2, -0.15) is 0 Å². The van der Waals surface area contributed by atoms with Crippen LogP contribution in [0, 0.1) is 46.3 Å². The van der Waals surface area contributed by atoms with E-state index in [1.54, 1.807) is 0 Å². The molecule has 1 heteroatoms. The average molecular weight is 459 g/mol. The highest BCUT2D eigenvalue weighted by Gasteiger charge is 2.51. The fourth-order valence-corrected chi connectivity index (χ4v) is 6.58. The van der Waals surface area contributed by atoms with Crippen LogP contribution in [0.2, 0.25) is 0 Å². The maximum atomic E-state index is 14.7. The molecule has 0 saturated carbocycles. The Balaban J connectivity index is 3.51. The van der Waals surface area contributed by atoms with E-state index < -0.39 is 0 Å². The third kappa shape index (κ3) is 7.32. The standard InChI is InChI=1S/C32H58O/c1-12-18-24(5)19-17-22-32(13-2,30(33)28(9)31(10,11)23(3)4)29-26(7)21-16-14-15-20-25(6)27(29)8/h15,20,23-24,26-29H,6,12-14,16-19,21-22H2,1-5,7-11H3/b20-15-. The van der Waals surface area contributed by atoms with Crippen LogP contribution in [0.3, 0.4) is 0 Å². The van der Waals surface area contributed by atoms with Gasteiger partial charge in [0.25, 0.3) is 0 Å². The highest BCUT2D eigenvalue weighted by Crippen LogP contribution is 2.52. The second-order valence-electron chi connectivity index (χ2n) is 12.6. The number of ketones is 1. The van der Waals surface area contributed by atoms with Gasteiger partial charge in [-0.1, -0.05) is 126 Å². The first-order valence-corrected chi connectivity index (χ1v) is 14.3. The number of carbonyl (C=O) groups is 1. The molecule has 33 heavy (non-hydrogen) atoms. The van der Waals surface area contributed by atoms with E-state index in [0.29, 0.717) is 29.5 Å². The summed E-state index contributed by atoms with van der Waals surface area (Å²) in [4.78, 5) is 14.7. The molecular formula is C32H58O. The summed E-state index contributed by atoms with van der Waals surface area (Å²) in [5.41, 5.74) is 0.946. The molecule has 0 aromatic carbocycles. The summed E-state index contributed by atoms with van der Waals surface area (Å²) in [5.74, 6) is 3.04. The number of hydrogen-bond acceptors (Lipinski definition) is 1. The van der Waals surface area contributed by atoms with Crippen LogP contribution in [-0.4, -0.2) is 5.78 Å². The van der Waals surface area contributed by atoms with Crippen molar-refractivity contribution in [2.24, 2.45) is 46.3 Å². The first kappa shape index (κ1) is 30.2. The predicted molar refractivity (Wildman–Crippen MR) is 147 cm³/mol. The Morgan fingerprint density at radius 3 is 2.30 bits per heavy atom. The topological polar surface area (TPSA) is 17.1 Å².